The van der Waals surface area contributed by atoms with Crippen LogP contribution in [-0.4, -0.2) is 9.67 Å². The summed E-state index contributed by atoms with van der Waals surface area (Å²) in [5, 5.41) is 9.55. The third kappa shape index (κ3) is 1.65. The summed E-state index contributed by atoms with van der Waals surface area (Å²) in [6.07, 6.45) is 1.63. The molecule has 0 fully saturated rings. The number of aromatic hydroxyl groups is 1. The van der Waals surface area contributed by atoms with Gasteiger partial charge in [0.2, 0.25) is 5.43 Å². The van der Waals surface area contributed by atoms with Gasteiger partial charge in [-0.3, -0.25) is 4.79 Å². The predicted octanol–water partition coefficient (Wildman–Crippen LogP) is 1.43. The lowest BCUT2D eigenvalue weighted by Crippen LogP contribution is -2.08. The Kier molecular flexibility index (Phi) is 2.40. The van der Waals surface area contributed by atoms with Crippen molar-refractivity contribution in [2.45, 2.75) is 6.92 Å². The maximum Gasteiger partial charge on any atom is 0.223 e. The number of benzene rings is 1. The van der Waals surface area contributed by atoms with Crippen LogP contribution in [0.2, 0.25) is 0 Å². The minimum absolute atomic E-state index is 0.223. The van der Waals surface area contributed by atoms with Crippen LogP contribution in [0.4, 0.5) is 5.69 Å². The second-order valence-electron chi connectivity index (χ2n) is 3.58. The molecule has 0 amide bonds. The lowest BCUT2D eigenvalue weighted by atomic mass is 10.2. The summed E-state index contributed by atoms with van der Waals surface area (Å²) in [6, 6.07) is 8.52. The molecule has 4 heteroatoms. The molecule has 4 nitrogen and oxygen atoms in total. The molecule has 82 valence electrons. The molecule has 0 aliphatic carbocycles. The van der Waals surface area contributed by atoms with Crippen molar-refractivity contribution in [2.24, 2.45) is 0 Å². The van der Waals surface area contributed by atoms with Gasteiger partial charge in [-0.05, 0) is 31.2 Å². The van der Waals surface area contributed by atoms with Gasteiger partial charge in [0.15, 0.2) is 5.75 Å². The smallest absolute Gasteiger partial charge is 0.223 e. The fraction of sp³-hybridized carbons (Fsp3) is 0.0833. The van der Waals surface area contributed by atoms with Gasteiger partial charge < -0.3 is 15.4 Å². The first-order valence-corrected chi connectivity index (χ1v) is 4.87. The molecule has 1 heterocycles. The van der Waals surface area contributed by atoms with Crippen molar-refractivity contribution < 1.29 is 5.11 Å². The summed E-state index contributed by atoms with van der Waals surface area (Å²) in [6.45, 7) is 1.69. The van der Waals surface area contributed by atoms with Crippen LogP contribution in [-0.2, 0) is 0 Å². The van der Waals surface area contributed by atoms with Crippen LogP contribution in [0.15, 0.2) is 41.3 Å². The van der Waals surface area contributed by atoms with E-state index in [4.69, 9.17) is 5.73 Å². The van der Waals surface area contributed by atoms with E-state index < -0.39 is 0 Å². The molecule has 2 aromatic rings. The van der Waals surface area contributed by atoms with Gasteiger partial charge in [-0.25, -0.2) is 0 Å². The van der Waals surface area contributed by atoms with Crippen molar-refractivity contribution in [3.05, 3.63) is 52.4 Å². The van der Waals surface area contributed by atoms with Gasteiger partial charge in [0.25, 0.3) is 0 Å². The molecule has 0 unspecified atom stereocenters. The first kappa shape index (κ1) is 10.3. The van der Waals surface area contributed by atoms with Crippen molar-refractivity contribution in [1.29, 1.82) is 0 Å². The molecule has 3 N–H and O–H groups in total. The van der Waals surface area contributed by atoms with Crippen LogP contribution < -0.4 is 11.2 Å². The summed E-state index contributed by atoms with van der Waals surface area (Å²) >= 11 is 0. The molecule has 0 spiro atoms. The molecule has 2 rings (SSSR count). The number of rotatable bonds is 1. The zero-order valence-corrected chi connectivity index (χ0v) is 8.84. The maximum absolute atomic E-state index is 11.2. The Morgan fingerprint density at radius 3 is 2.44 bits per heavy atom. The van der Waals surface area contributed by atoms with E-state index in [0.717, 1.165) is 5.69 Å². The van der Waals surface area contributed by atoms with Gasteiger partial charge in [0, 0.05) is 23.6 Å². The third-order valence-electron chi connectivity index (χ3n) is 2.48. The van der Waals surface area contributed by atoms with E-state index in [0.29, 0.717) is 11.4 Å². The highest BCUT2D eigenvalue weighted by atomic mass is 16.3. The molecule has 1 aromatic heterocycles. The van der Waals surface area contributed by atoms with Crippen molar-refractivity contribution in [3.8, 4) is 11.4 Å². The Bertz CT molecular complexity index is 571. The number of anilines is 1. The average molecular weight is 216 g/mol. The zero-order valence-electron chi connectivity index (χ0n) is 8.84. The van der Waals surface area contributed by atoms with Crippen molar-refractivity contribution in [2.75, 3.05) is 5.73 Å². The molecule has 0 aliphatic rings. The molecule has 0 radical (unpaired) electrons. The predicted molar refractivity (Wildman–Crippen MR) is 62.9 cm³/mol. The van der Waals surface area contributed by atoms with Crippen LogP contribution in [0, 0.1) is 6.92 Å². The Balaban J connectivity index is 2.61. The second kappa shape index (κ2) is 3.73. The molecule has 0 saturated carbocycles. The van der Waals surface area contributed by atoms with Crippen molar-refractivity contribution in [3.63, 3.8) is 0 Å². The molecule has 0 aliphatic heterocycles. The third-order valence-corrected chi connectivity index (χ3v) is 2.48. The molecule has 1 aromatic carbocycles. The van der Waals surface area contributed by atoms with E-state index in [1.54, 1.807) is 29.8 Å². The zero-order chi connectivity index (χ0) is 11.7. The van der Waals surface area contributed by atoms with Crippen molar-refractivity contribution >= 4 is 5.69 Å². The number of pyridine rings is 1. The van der Waals surface area contributed by atoms with E-state index in [1.807, 2.05) is 12.1 Å². The number of nitrogens with zero attached hydrogens (tertiary/aromatic N) is 1. The highest BCUT2D eigenvalue weighted by Gasteiger charge is 2.06. The highest BCUT2D eigenvalue weighted by molar-refractivity contribution is 5.46. The van der Waals surface area contributed by atoms with E-state index >= 15 is 0 Å². The summed E-state index contributed by atoms with van der Waals surface area (Å²) < 4.78 is 1.73. The van der Waals surface area contributed by atoms with Gasteiger partial charge in [-0.1, -0.05) is 0 Å². The van der Waals surface area contributed by atoms with E-state index in [1.165, 1.54) is 6.07 Å². The normalized spacial score (nSPS) is 10.3. The minimum Gasteiger partial charge on any atom is -0.503 e. The molecule has 0 atom stereocenters. The van der Waals surface area contributed by atoms with Gasteiger partial charge in [0.1, 0.15) is 0 Å². The average Bonchev–Trinajstić information content (AvgIpc) is 2.28. The van der Waals surface area contributed by atoms with Crippen LogP contribution in [0.3, 0.4) is 0 Å². The highest BCUT2D eigenvalue weighted by Crippen LogP contribution is 2.16. The van der Waals surface area contributed by atoms with Crippen LogP contribution in [0.5, 0.6) is 5.75 Å². The Morgan fingerprint density at radius 2 is 1.81 bits per heavy atom. The number of nitrogen functional groups attached to an aromatic ring is 1. The Labute approximate surface area is 92.6 Å². The standard InChI is InChI=1S/C12H12N2O2/c1-8-12(16)11(15)6-7-14(8)10-4-2-9(13)3-5-10/h2-7,16H,13H2,1H3. The van der Waals surface area contributed by atoms with Crippen LogP contribution in [0.25, 0.3) is 5.69 Å². The van der Waals surface area contributed by atoms with E-state index in [2.05, 4.69) is 0 Å². The van der Waals surface area contributed by atoms with Gasteiger partial charge in [-0.2, -0.15) is 0 Å². The molecule has 16 heavy (non-hydrogen) atoms. The maximum atomic E-state index is 11.2. The minimum atomic E-state index is -0.371. The summed E-state index contributed by atoms with van der Waals surface area (Å²) in [5.41, 5.74) is 7.25. The first-order chi connectivity index (χ1) is 7.59. The van der Waals surface area contributed by atoms with Gasteiger partial charge >= 0.3 is 0 Å². The number of hydrogen-bond acceptors (Lipinski definition) is 3. The molecular weight excluding hydrogens is 204 g/mol. The summed E-state index contributed by atoms with van der Waals surface area (Å²) in [5.74, 6) is -0.223. The topological polar surface area (TPSA) is 68.2 Å². The van der Waals surface area contributed by atoms with Gasteiger partial charge in [-0.15, -0.1) is 0 Å². The largest absolute Gasteiger partial charge is 0.503 e. The van der Waals surface area contributed by atoms with Gasteiger partial charge in [0.05, 0.1) is 5.69 Å². The van der Waals surface area contributed by atoms with Crippen LogP contribution in [0.1, 0.15) is 5.69 Å². The van der Waals surface area contributed by atoms with E-state index in [-0.39, 0.29) is 11.2 Å². The SMILES string of the molecule is Cc1c(O)c(=O)ccn1-c1ccc(N)cc1. The number of aromatic nitrogens is 1. The Hall–Kier alpha value is -2.23. The fourth-order valence-electron chi connectivity index (χ4n) is 1.54. The second-order valence-corrected chi connectivity index (χ2v) is 3.58. The number of hydrogen-bond donors (Lipinski definition) is 2. The van der Waals surface area contributed by atoms with Crippen molar-refractivity contribution in [1.82, 2.24) is 4.57 Å². The Morgan fingerprint density at radius 1 is 1.19 bits per heavy atom. The van der Waals surface area contributed by atoms with E-state index in [9.17, 15) is 9.90 Å². The number of nitrogens with two attached hydrogens (primary N) is 1. The van der Waals surface area contributed by atoms with Crippen LogP contribution >= 0.6 is 0 Å². The lowest BCUT2D eigenvalue weighted by Gasteiger charge is -2.11. The molecule has 0 saturated heterocycles. The summed E-state index contributed by atoms with van der Waals surface area (Å²) in [4.78, 5) is 11.2. The molecule has 0 bridgehead atoms. The monoisotopic (exact) mass is 216 g/mol. The lowest BCUT2D eigenvalue weighted by molar-refractivity contribution is 0.459. The quantitative estimate of drug-likeness (QED) is 0.708. The molecular formula is C12H12N2O2. The first-order valence-electron chi connectivity index (χ1n) is 4.87. The fourth-order valence-corrected chi connectivity index (χ4v) is 1.54. The summed E-state index contributed by atoms with van der Waals surface area (Å²) in [7, 11) is 0.